The number of para-hydroxylation sites is 1. The fourth-order valence-electron chi connectivity index (χ4n) is 7.23. The van der Waals surface area contributed by atoms with E-state index in [1.54, 1.807) is 23.1 Å². The largest absolute Gasteiger partial charge is 0.455 e. The fraction of sp³-hybridized carbons (Fsp3) is 0. The highest BCUT2D eigenvalue weighted by molar-refractivity contribution is 7.99. The summed E-state index contributed by atoms with van der Waals surface area (Å²) in [5.41, 5.74) is 8.51. The van der Waals surface area contributed by atoms with Gasteiger partial charge in [-0.3, -0.25) is 0 Å². The summed E-state index contributed by atoms with van der Waals surface area (Å²) in [6, 6.07) is 59.4. The minimum absolute atomic E-state index is 0.903. The molecule has 1 nitrogen and oxygen atoms in total. The highest BCUT2D eigenvalue weighted by Gasteiger charge is 2.20. The van der Waals surface area contributed by atoms with Gasteiger partial charge in [0.2, 0.25) is 0 Å². The molecule has 1 aliphatic heterocycles. The molecule has 0 aliphatic carbocycles. The lowest BCUT2D eigenvalue weighted by Crippen LogP contribution is -1.95. The molecule has 9 aromatic rings. The summed E-state index contributed by atoms with van der Waals surface area (Å²) < 4.78 is 6.33. The Labute approximate surface area is 293 Å². The van der Waals surface area contributed by atoms with Crippen LogP contribution in [0.15, 0.2) is 179 Å². The van der Waals surface area contributed by atoms with Crippen molar-refractivity contribution in [1.82, 2.24) is 0 Å². The second-order valence-corrected chi connectivity index (χ2v) is 14.5. The first-order chi connectivity index (χ1) is 24.3. The van der Waals surface area contributed by atoms with Crippen molar-refractivity contribution in [2.24, 2.45) is 0 Å². The van der Waals surface area contributed by atoms with E-state index in [1.165, 1.54) is 76.1 Å². The molecular formula is C46H28OS2. The quantitative estimate of drug-likeness (QED) is 0.174. The van der Waals surface area contributed by atoms with Crippen LogP contribution in [-0.4, -0.2) is 0 Å². The van der Waals surface area contributed by atoms with Crippen molar-refractivity contribution in [3.05, 3.63) is 169 Å². The molecule has 1 aliphatic rings. The Kier molecular flexibility index (Phi) is 6.68. The lowest BCUT2D eigenvalue weighted by atomic mass is 9.89. The van der Waals surface area contributed by atoms with Gasteiger partial charge in [-0.2, -0.15) is 0 Å². The molecule has 0 N–H and O–H groups in total. The van der Waals surface area contributed by atoms with Gasteiger partial charge < -0.3 is 4.74 Å². The Morgan fingerprint density at radius 2 is 0.959 bits per heavy atom. The van der Waals surface area contributed by atoms with Gasteiger partial charge in [0.05, 0.1) is 9.79 Å². The number of fused-ring (bicyclic) bond motifs is 8. The first-order valence-corrected chi connectivity index (χ1v) is 18.2. The van der Waals surface area contributed by atoms with Crippen LogP contribution in [0.3, 0.4) is 0 Å². The zero-order valence-electron chi connectivity index (χ0n) is 26.4. The van der Waals surface area contributed by atoms with Gasteiger partial charge in [0.15, 0.2) is 0 Å². The van der Waals surface area contributed by atoms with Gasteiger partial charge in [-0.25, -0.2) is 0 Å². The minimum Gasteiger partial charge on any atom is -0.455 e. The molecule has 0 amide bonds. The van der Waals surface area contributed by atoms with Crippen LogP contribution in [0, 0.1) is 0 Å². The van der Waals surface area contributed by atoms with Gasteiger partial charge in [-0.05, 0) is 119 Å². The Morgan fingerprint density at radius 3 is 1.76 bits per heavy atom. The third kappa shape index (κ3) is 4.85. The second-order valence-electron chi connectivity index (χ2n) is 12.5. The van der Waals surface area contributed by atoms with Crippen molar-refractivity contribution in [2.45, 2.75) is 9.79 Å². The first-order valence-electron chi connectivity index (χ1n) is 16.5. The average molecular weight is 661 g/mol. The smallest absolute Gasteiger partial charge is 0.141 e. The van der Waals surface area contributed by atoms with Crippen molar-refractivity contribution < 1.29 is 4.74 Å². The van der Waals surface area contributed by atoms with Gasteiger partial charge in [0, 0.05) is 4.88 Å². The van der Waals surface area contributed by atoms with Gasteiger partial charge in [-0.1, -0.05) is 133 Å². The maximum Gasteiger partial charge on any atom is 0.141 e. The minimum atomic E-state index is 0.903. The molecule has 1 aromatic heterocycles. The Hall–Kier alpha value is -5.61. The van der Waals surface area contributed by atoms with Crippen LogP contribution in [-0.2, 0) is 0 Å². The first kappa shape index (κ1) is 28.4. The van der Waals surface area contributed by atoms with E-state index in [0.717, 1.165) is 21.3 Å². The Bertz CT molecular complexity index is 2690. The molecule has 3 heteroatoms. The molecule has 0 saturated carbocycles. The number of hydrogen-bond donors (Lipinski definition) is 0. The van der Waals surface area contributed by atoms with E-state index in [9.17, 15) is 0 Å². The molecule has 0 saturated heterocycles. The van der Waals surface area contributed by atoms with Gasteiger partial charge >= 0.3 is 0 Å². The van der Waals surface area contributed by atoms with Crippen LogP contribution in [0.25, 0.3) is 76.1 Å². The van der Waals surface area contributed by atoms with Crippen molar-refractivity contribution in [3.8, 4) is 55.3 Å². The fourth-order valence-corrected chi connectivity index (χ4v) is 9.13. The third-order valence-corrected chi connectivity index (χ3v) is 11.7. The third-order valence-electron chi connectivity index (χ3n) is 9.61. The van der Waals surface area contributed by atoms with E-state index in [2.05, 4.69) is 157 Å². The number of thiophene rings is 1. The summed E-state index contributed by atoms with van der Waals surface area (Å²) in [5.74, 6) is 1.82. The summed E-state index contributed by atoms with van der Waals surface area (Å²) in [6.07, 6.45) is 0. The van der Waals surface area contributed by atoms with Gasteiger partial charge in [0.1, 0.15) is 11.5 Å². The molecule has 2 heterocycles. The van der Waals surface area contributed by atoms with E-state index in [0.29, 0.717) is 0 Å². The standard InChI is InChI=1S/C46H28OS2/c1-2-10-29(11-3-1)33-27-45(48-28-33)32-19-21-34(40(25-32)31-20-23-43-46(26-31)49-44-17-9-8-16-42(44)47-43)30-18-22-39-37-14-5-4-12-35(37)36-13-6-7-15-38(36)41(39)24-30/h1-28H. The number of rotatable bonds is 4. The average Bonchev–Trinajstić information content (AvgIpc) is 3.68. The summed E-state index contributed by atoms with van der Waals surface area (Å²) in [7, 11) is 0. The lowest BCUT2D eigenvalue weighted by Gasteiger charge is -2.21. The highest BCUT2D eigenvalue weighted by atomic mass is 32.2. The van der Waals surface area contributed by atoms with Crippen LogP contribution < -0.4 is 4.74 Å². The maximum atomic E-state index is 6.33. The number of benzene rings is 8. The molecule has 0 fully saturated rings. The number of hydrogen-bond acceptors (Lipinski definition) is 3. The molecule has 230 valence electrons. The van der Waals surface area contributed by atoms with Crippen molar-refractivity contribution in [2.75, 3.05) is 0 Å². The Morgan fingerprint density at radius 1 is 0.347 bits per heavy atom. The van der Waals surface area contributed by atoms with Crippen molar-refractivity contribution in [3.63, 3.8) is 0 Å². The van der Waals surface area contributed by atoms with Crippen LogP contribution >= 0.6 is 23.1 Å². The molecule has 49 heavy (non-hydrogen) atoms. The molecular weight excluding hydrogens is 633 g/mol. The SMILES string of the molecule is c1ccc(-c2csc(-c3ccc(-c4ccc5c6ccccc6c6ccccc6c5c4)c(-c4ccc5c(c4)Sc4ccccc4O5)c3)c2)cc1. The van der Waals surface area contributed by atoms with Crippen molar-refractivity contribution in [1.29, 1.82) is 0 Å². The summed E-state index contributed by atoms with van der Waals surface area (Å²) in [6.45, 7) is 0. The molecule has 0 unspecified atom stereocenters. The molecule has 0 atom stereocenters. The van der Waals surface area contributed by atoms with E-state index in [1.807, 2.05) is 12.1 Å². The predicted octanol–water partition coefficient (Wildman–Crippen LogP) is 14.1. The van der Waals surface area contributed by atoms with Crippen LogP contribution in [0.2, 0.25) is 0 Å². The van der Waals surface area contributed by atoms with Crippen molar-refractivity contribution >= 4 is 55.4 Å². The molecule has 0 radical (unpaired) electrons. The zero-order valence-corrected chi connectivity index (χ0v) is 28.0. The van der Waals surface area contributed by atoms with E-state index >= 15 is 0 Å². The summed E-state index contributed by atoms with van der Waals surface area (Å²) in [5, 5.41) is 9.98. The summed E-state index contributed by atoms with van der Waals surface area (Å²) >= 11 is 3.57. The second kappa shape index (κ2) is 11.5. The van der Waals surface area contributed by atoms with E-state index < -0.39 is 0 Å². The normalized spacial score (nSPS) is 12.2. The number of ether oxygens (including phenoxy) is 1. The van der Waals surface area contributed by atoms with Gasteiger partial charge in [-0.15, -0.1) is 11.3 Å². The predicted molar refractivity (Wildman–Crippen MR) is 209 cm³/mol. The maximum absolute atomic E-state index is 6.33. The molecule has 0 bridgehead atoms. The van der Waals surface area contributed by atoms with Gasteiger partial charge in [0.25, 0.3) is 0 Å². The monoisotopic (exact) mass is 660 g/mol. The van der Waals surface area contributed by atoms with Crippen LogP contribution in [0.4, 0.5) is 0 Å². The Balaban J connectivity index is 1.16. The molecule has 0 spiro atoms. The summed E-state index contributed by atoms with van der Waals surface area (Å²) in [4.78, 5) is 3.53. The van der Waals surface area contributed by atoms with E-state index in [-0.39, 0.29) is 0 Å². The van der Waals surface area contributed by atoms with Crippen LogP contribution in [0.1, 0.15) is 0 Å². The molecule has 8 aromatic carbocycles. The van der Waals surface area contributed by atoms with E-state index in [4.69, 9.17) is 4.74 Å². The zero-order chi connectivity index (χ0) is 32.3. The molecule has 10 rings (SSSR count). The van der Waals surface area contributed by atoms with Crippen LogP contribution in [0.5, 0.6) is 11.5 Å². The topological polar surface area (TPSA) is 9.23 Å². The highest BCUT2D eigenvalue weighted by Crippen LogP contribution is 2.49. The lowest BCUT2D eigenvalue weighted by molar-refractivity contribution is 0.454.